The Hall–Kier alpha value is -1.20. The van der Waals surface area contributed by atoms with Crippen molar-refractivity contribution in [3.63, 3.8) is 0 Å². The molecule has 6 heteroatoms. The number of hydrogen-bond acceptors (Lipinski definition) is 2. The SMILES string of the molecule is CC1(C)NC(=O)C2(CCCCC2)N(CC(F)F)C1=O. The molecule has 0 aromatic heterocycles. The molecule has 1 heterocycles. The van der Waals surface area contributed by atoms with Crippen LogP contribution in [0.1, 0.15) is 46.0 Å². The second-order valence-corrected chi connectivity index (χ2v) is 5.98. The molecule has 1 saturated heterocycles. The fraction of sp³-hybridized carbons (Fsp3) is 0.846. The van der Waals surface area contributed by atoms with Gasteiger partial charge >= 0.3 is 0 Å². The third kappa shape index (κ3) is 2.32. The van der Waals surface area contributed by atoms with Gasteiger partial charge < -0.3 is 10.2 Å². The average molecular weight is 274 g/mol. The largest absolute Gasteiger partial charge is 0.340 e. The second kappa shape index (κ2) is 4.72. The number of hydrogen-bond donors (Lipinski definition) is 1. The predicted octanol–water partition coefficient (Wildman–Crippen LogP) is 1.69. The number of alkyl halides is 2. The Morgan fingerprint density at radius 2 is 1.79 bits per heavy atom. The van der Waals surface area contributed by atoms with Crippen molar-refractivity contribution in [2.45, 2.75) is 63.5 Å². The first-order valence-corrected chi connectivity index (χ1v) is 6.72. The molecule has 1 aliphatic carbocycles. The van der Waals surface area contributed by atoms with Gasteiger partial charge in [-0.2, -0.15) is 0 Å². The van der Waals surface area contributed by atoms with Crippen molar-refractivity contribution in [2.75, 3.05) is 6.54 Å². The fourth-order valence-electron chi connectivity index (χ4n) is 3.14. The van der Waals surface area contributed by atoms with Gasteiger partial charge in [-0.15, -0.1) is 0 Å². The van der Waals surface area contributed by atoms with E-state index in [1.54, 1.807) is 13.8 Å². The highest BCUT2D eigenvalue weighted by molar-refractivity contribution is 6.01. The van der Waals surface area contributed by atoms with Crippen LogP contribution in [-0.2, 0) is 9.59 Å². The lowest BCUT2D eigenvalue weighted by molar-refractivity contribution is -0.167. The Labute approximate surface area is 111 Å². The molecule has 2 rings (SSSR count). The maximum absolute atomic E-state index is 12.8. The molecule has 108 valence electrons. The highest BCUT2D eigenvalue weighted by Crippen LogP contribution is 2.38. The van der Waals surface area contributed by atoms with Crippen molar-refractivity contribution < 1.29 is 18.4 Å². The van der Waals surface area contributed by atoms with Crippen molar-refractivity contribution in [2.24, 2.45) is 0 Å². The Morgan fingerprint density at radius 1 is 1.21 bits per heavy atom. The Balaban J connectivity index is 2.37. The molecule has 1 aliphatic heterocycles. The summed E-state index contributed by atoms with van der Waals surface area (Å²) >= 11 is 0. The van der Waals surface area contributed by atoms with Crippen LogP contribution in [0, 0.1) is 0 Å². The normalized spacial score (nSPS) is 25.8. The molecule has 0 aromatic rings. The molecule has 2 aliphatic rings. The summed E-state index contributed by atoms with van der Waals surface area (Å²) in [6, 6.07) is 0. The number of amides is 2. The molecule has 0 aromatic carbocycles. The smallest absolute Gasteiger partial charge is 0.255 e. The van der Waals surface area contributed by atoms with Gasteiger partial charge in [-0.25, -0.2) is 8.78 Å². The first-order valence-electron chi connectivity index (χ1n) is 6.72. The van der Waals surface area contributed by atoms with Gasteiger partial charge in [-0.3, -0.25) is 9.59 Å². The van der Waals surface area contributed by atoms with E-state index in [-0.39, 0.29) is 5.91 Å². The van der Waals surface area contributed by atoms with Crippen LogP contribution in [-0.4, -0.2) is 40.8 Å². The van der Waals surface area contributed by atoms with E-state index in [1.165, 1.54) is 0 Å². The molecule has 1 spiro atoms. The van der Waals surface area contributed by atoms with Crippen LogP contribution < -0.4 is 5.32 Å². The van der Waals surface area contributed by atoms with Gasteiger partial charge in [0.05, 0.1) is 6.54 Å². The van der Waals surface area contributed by atoms with Crippen LogP contribution >= 0.6 is 0 Å². The van der Waals surface area contributed by atoms with Crippen molar-refractivity contribution >= 4 is 11.8 Å². The van der Waals surface area contributed by atoms with Gasteiger partial charge in [0.1, 0.15) is 11.1 Å². The number of nitrogens with one attached hydrogen (secondary N) is 1. The quantitative estimate of drug-likeness (QED) is 0.833. The minimum Gasteiger partial charge on any atom is -0.340 e. The van der Waals surface area contributed by atoms with Gasteiger partial charge in [0.25, 0.3) is 6.43 Å². The molecule has 1 N–H and O–H groups in total. The topological polar surface area (TPSA) is 49.4 Å². The summed E-state index contributed by atoms with van der Waals surface area (Å²) in [6.45, 7) is 2.46. The molecule has 19 heavy (non-hydrogen) atoms. The predicted molar refractivity (Wildman–Crippen MR) is 65.8 cm³/mol. The van der Waals surface area contributed by atoms with Gasteiger partial charge in [0.2, 0.25) is 11.8 Å². The van der Waals surface area contributed by atoms with E-state index >= 15 is 0 Å². The summed E-state index contributed by atoms with van der Waals surface area (Å²) < 4.78 is 25.6. The van der Waals surface area contributed by atoms with Crippen LogP contribution in [0.5, 0.6) is 0 Å². The van der Waals surface area contributed by atoms with E-state index in [4.69, 9.17) is 0 Å². The summed E-state index contributed by atoms with van der Waals surface area (Å²) in [7, 11) is 0. The summed E-state index contributed by atoms with van der Waals surface area (Å²) in [5.41, 5.74) is -2.16. The molecule has 0 bridgehead atoms. The molecule has 1 saturated carbocycles. The number of nitrogens with zero attached hydrogens (tertiary/aromatic N) is 1. The zero-order chi connectivity index (χ0) is 14.3. The van der Waals surface area contributed by atoms with Crippen molar-refractivity contribution in [3.05, 3.63) is 0 Å². The third-order valence-corrected chi connectivity index (χ3v) is 4.15. The molecule has 2 fully saturated rings. The summed E-state index contributed by atoms with van der Waals surface area (Å²) in [5, 5.41) is 2.69. The Morgan fingerprint density at radius 3 is 2.32 bits per heavy atom. The van der Waals surface area contributed by atoms with Crippen molar-refractivity contribution in [3.8, 4) is 0 Å². The number of piperazine rings is 1. The van der Waals surface area contributed by atoms with E-state index in [0.717, 1.165) is 24.2 Å². The van der Waals surface area contributed by atoms with Gasteiger partial charge in [-0.1, -0.05) is 19.3 Å². The van der Waals surface area contributed by atoms with Gasteiger partial charge in [-0.05, 0) is 26.7 Å². The Kier molecular flexibility index (Phi) is 3.53. The number of carbonyl (C=O) groups excluding carboxylic acids is 2. The molecule has 0 atom stereocenters. The number of carbonyl (C=O) groups is 2. The third-order valence-electron chi connectivity index (χ3n) is 4.15. The van der Waals surface area contributed by atoms with Crippen LogP contribution in [0.25, 0.3) is 0 Å². The van der Waals surface area contributed by atoms with E-state index in [9.17, 15) is 18.4 Å². The van der Waals surface area contributed by atoms with Gasteiger partial charge in [0.15, 0.2) is 0 Å². The van der Waals surface area contributed by atoms with Crippen LogP contribution in [0.15, 0.2) is 0 Å². The standard InChI is InChI=1S/C13H20F2N2O2/c1-12(2)11(19)17(8-9(14)15)13(10(18)16-12)6-4-3-5-7-13/h9H,3-8H2,1-2H3,(H,16,18). The maximum atomic E-state index is 12.8. The minimum absolute atomic E-state index is 0.280. The van der Waals surface area contributed by atoms with E-state index in [0.29, 0.717) is 12.8 Å². The summed E-state index contributed by atoms with van der Waals surface area (Å²) in [4.78, 5) is 25.9. The minimum atomic E-state index is -2.62. The lowest BCUT2D eigenvalue weighted by Gasteiger charge is -2.52. The van der Waals surface area contributed by atoms with E-state index < -0.39 is 30.0 Å². The molecule has 2 amide bonds. The highest BCUT2D eigenvalue weighted by atomic mass is 19.3. The molecule has 4 nitrogen and oxygen atoms in total. The zero-order valence-electron chi connectivity index (χ0n) is 11.3. The lowest BCUT2D eigenvalue weighted by Crippen LogP contribution is -2.75. The first-order chi connectivity index (χ1) is 8.79. The monoisotopic (exact) mass is 274 g/mol. The fourth-order valence-corrected chi connectivity index (χ4v) is 3.14. The zero-order valence-corrected chi connectivity index (χ0v) is 11.3. The molecule has 0 unspecified atom stereocenters. The maximum Gasteiger partial charge on any atom is 0.255 e. The van der Waals surface area contributed by atoms with Crippen LogP contribution in [0.4, 0.5) is 8.78 Å². The number of rotatable bonds is 2. The van der Waals surface area contributed by atoms with Crippen LogP contribution in [0.2, 0.25) is 0 Å². The molecule has 0 radical (unpaired) electrons. The molecular formula is C13H20F2N2O2. The van der Waals surface area contributed by atoms with Crippen molar-refractivity contribution in [1.29, 1.82) is 0 Å². The Bertz CT molecular complexity index is 390. The van der Waals surface area contributed by atoms with E-state index in [2.05, 4.69) is 5.32 Å². The summed E-state index contributed by atoms with van der Waals surface area (Å²) in [6.07, 6.45) is 0.905. The molecular weight excluding hydrogens is 254 g/mol. The first kappa shape index (κ1) is 14.2. The summed E-state index contributed by atoms with van der Waals surface area (Å²) in [5.74, 6) is -0.688. The van der Waals surface area contributed by atoms with Gasteiger partial charge in [0, 0.05) is 0 Å². The highest BCUT2D eigenvalue weighted by Gasteiger charge is 2.55. The number of halogens is 2. The van der Waals surface area contributed by atoms with Crippen molar-refractivity contribution in [1.82, 2.24) is 10.2 Å². The second-order valence-electron chi connectivity index (χ2n) is 5.98. The van der Waals surface area contributed by atoms with Crippen LogP contribution in [0.3, 0.4) is 0 Å². The average Bonchev–Trinajstić information content (AvgIpc) is 2.33. The van der Waals surface area contributed by atoms with E-state index in [1.807, 2.05) is 0 Å². The lowest BCUT2D eigenvalue weighted by atomic mass is 9.76.